The van der Waals surface area contributed by atoms with Crippen LogP contribution in [-0.4, -0.2) is 105 Å². The molecule has 5 unspecified atom stereocenters. The summed E-state index contributed by atoms with van der Waals surface area (Å²) in [6.07, 6.45) is 0.239. The molecule has 4 fully saturated rings. The number of urea groups is 1. The first-order valence-electron chi connectivity index (χ1n) is 11.2. The van der Waals surface area contributed by atoms with E-state index < -0.39 is 33.4 Å². The number of carbonyl (C=O) groups excluding carboxylic acids is 2. The minimum absolute atomic E-state index is 0.0340. The van der Waals surface area contributed by atoms with Crippen molar-refractivity contribution in [2.24, 2.45) is 17.8 Å². The lowest BCUT2D eigenvalue weighted by atomic mass is 9.76. The zero-order chi connectivity index (χ0) is 23.0. The number of sulfonamides is 1. The molecule has 0 aromatic heterocycles. The highest BCUT2D eigenvalue weighted by Gasteiger charge is 2.44. The monoisotopic (exact) mass is 494 g/mol. The number of likely N-dealkylation sites (tertiary alicyclic amines) is 2. The van der Waals surface area contributed by atoms with Crippen LogP contribution >= 0.6 is 11.6 Å². The van der Waals surface area contributed by atoms with Crippen molar-refractivity contribution in [2.75, 3.05) is 52.2 Å². The summed E-state index contributed by atoms with van der Waals surface area (Å²) in [4.78, 5) is 32.3. The largest absolute Gasteiger partial charge is 0.325 e. The summed E-state index contributed by atoms with van der Waals surface area (Å²) in [5.41, 5.74) is 2.19. The molecule has 5 atom stereocenters. The molecule has 3 aliphatic heterocycles. The maximum absolute atomic E-state index is 14.7. The van der Waals surface area contributed by atoms with E-state index in [9.17, 15) is 22.4 Å². The van der Waals surface area contributed by atoms with Crippen molar-refractivity contribution in [1.29, 1.82) is 0 Å². The molecule has 10 nitrogen and oxygen atoms in total. The molecule has 0 aromatic rings. The summed E-state index contributed by atoms with van der Waals surface area (Å²) in [5, 5.41) is 2.57. The lowest BCUT2D eigenvalue weighted by molar-refractivity contribution is -0.129. The van der Waals surface area contributed by atoms with Crippen molar-refractivity contribution in [1.82, 2.24) is 30.3 Å². The Bertz CT molecular complexity index is 825. The van der Waals surface area contributed by atoms with Crippen molar-refractivity contribution >= 4 is 33.6 Å². The number of likely N-dealkylation sites (N-methyl/N-ethyl adjacent to an activating group) is 1. The lowest BCUT2D eigenvalue weighted by Gasteiger charge is -2.44. The highest BCUT2D eigenvalue weighted by molar-refractivity contribution is 7.89. The van der Waals surface area contributed by atoms with Gasteiger partial charge in [0.05, 0.1) is 17.0 Å². The summed E-state index contributed by atoms with van der Waals surface area (Å²) >= 11 is 6.21. The number of hydrogen-bond donors (Lipinski definition) is 3. The Balaban J connectivity index is 1.24. The van der Waals surface area contributed by atoms with Crippen LogP contribution in [0.15, 0.2) is 0 Å². The van der Waals surface area contributed by atoms with Gasteiger partial charge >= 0.3 is 6.03 Å². The van der Waals surface area contributed by atoms with Crippen LogP contribution in [0.25, 0.3) is 0 Å². The van der Waals surface area contributed by atoms with Crippen LogP contribution in [-0.2, 0) is 14.8 Å². The summed E-state index contributed by atoms with van der Waals surface area (Å²) in [6, 6.07) is 0.0758. The van der Waals surface area contributed by atoms with Gasteiger partial charge in [-0.15, -0.1) is 16.4 Å². The number of hydrazine groups is 1. The molecule has 13 heteroatoms. The number of alkyl halides is 2. The predicted octanol–water partition coefficient (Wildman–Crippen LogP) is -0.473. The molecule has 182 valence electrons. The van der Waals surface area contributed by atoms with Crippen molar-refractivity contribution in [2.45, 2.75) is 36.9 Å². The fourth-order valence-corrected chi connectivity index (χ4v) is 6.54. The molecule has 3 N–H and O–H groups in total. The summed E-state index contributed by atoms with van der Waals surface area (Å²) < 4.78 is 39.5. The summed E-state index contributed by atoms with van der Waals surface area (Å²) in [5.74, 6) is -2.09. The number of hydrogen-bond acceptors (Lipinski definition) is 6. The van der Waals surface area contributed by atoms with E-state index in [2.05, 4.69) is 20.5 Å². The number of nitrogens with zero attached hydrogens (tertiary/aromatic N) is 3. The number of amides is 3. The fourth-order valence-electron chi connectivity index (χ4n) is 4.97. The van der Waals surface area contributed by atoms with Crippen molar-refractivity contribution < 1.29 is 22.4 Å². The van der Waals surface area contributed by atoms with Gasteiger partial charge in [0.2, 0.25) is 15.9 Å². The SMILES string of the molecule is CN1CNC(C2CC(Cl)C(F)C(C(=O)NNS(=O)(=O)CC3CN(C(=O)N4CCC4)C3)C2)C1. The minimum Gasteiger partial charge on any atom is -0.325 e. The average molecular weight is 495 g/mol. The third-order valence-corrected chi connectivity index (χ3v) is 8.73. The van der Waals surface area contributed by atoms with Crippen LogP contribution in [0.4, 0.5) is 9.18 Å². The topological polar surface area (TPSA) is 114 Å². The van der Waals surface area contributed by atoms with Crippen LogP contribution in [0.1, 0.15) is 19.3 Å². The molecule has 3 amide bonds. The van der Waals surface area contributed by atoms with Gasteiger partial charge in [-0.25, -0.2) is 17.6 Å². The van der Waals surface area contributed by atoms with Gasteiger partial charge < -0.3 is 9.80 Å². The van der Waals surface area contributed by atoms with Crippen molar-refractivity contribution in [3.05, 3.63) is 0 Å². The van der Waals surface area contributed by atoms with Gasteiger partial charge in [0.15, 0.2) is 0 Å². The van der Waals surface area contributed by atoms with Gasteiger partial charge in [-0.05, 0) is 32.2 Å². The average Bonchev–Trinajstić information content (AvgIpc) is 3.09. The van der Waals surface area contributed by atoms with Crippen LogP contribution in [0.5, 0.6) is 0 Å². The molecular weight excluding hydrogens is 463 g/mol. The second kappa shape index (κ2) is 9.57. The molecule has 3 saturated heterocycles. The van der Waals surface area contributed by atoms with Gasteiger partial charge in [0.25, 0.3) is 0 Å². The fraction of sp³-hybridized carbons (Fsp3) is 0.895. The molecule has 0 radical (unpaired) electrons. The van der Waals surface area contributed by atoms with Crippen LogP contribution in [0.2, 0.25) is 0 Å². The first-order chi connectivity index (χ1) is 15.1. The third-order valence-electron chi connectivity index (χ3n) is 6.99. The second-order valence-electron chi connectivity index (χ2n) is 9.57. The molecule has 0 spiro atoms. The smallest absolute Gasteiger partial charge is 0.320 e. The predicted molar refractivity (Wildman–Crippen MR) is 117 cm³/mol. The number of carbonyl (C=O) groups is 2. The maximum Gasteiger partial charge on any atom is 0.320 e. The minimum atomic E-state index is -3.81. The molecule has 32 heavy (non-hydrogen) atoms. The molecule has 0 aromatic carbocycles. The van der Waals surface area contributed by atoms with Crippen molar-refractivity contribution in [3.63, 3.8) is 0 Å². The molecule has 1 saturated carbocycles. The number of nitrogens with one attached hydrogen (secondary N) is 3. The van der Waals surface area contributed by atoms with E-state index >= 15 is 0 Å². The Morgan fingerprint density at radius 2 is 1.88 bits per heavy atom. The highest BCUT2D eigenvalue weighted by Crippen LogP contribution is 2.37. The number of halogens is 2. The zero-order valence-electron chi connectivity index (χ0n) is 18.2. The van der Waals surface area contributed by atoms with Gasteiger partial charge in [0.1, 0.15) is 6.17 Å². The molecule has 0 bridgehead atoms. The van der Waals surface area contributed by atoms with Crippen molar-refractivity contribution in [3.8, 4) is 0 Å². The molecule has 4 rings (SSSR count). The first-order valence-corrected chi connectivity index (χ1v) is 13.2. The van der Waals surface area contributed by atoms with E-state index in [-0.39, 0.29) is 29.7 Å². The Labute approximate surface area is 193 Å². The maximum atomic E-state index is 14.7. The Morgan fingerprint density at radius 3 is 2.47 bits per heavy atom. The molecule has 1 aliphatic carbocycles. The van der Waals surface area contributed by atoms with Gasteiger partial charge in [0, 0.05) is 51.4 Å². The van der Waals surface area contributed by atoms with E-state index in [1.54, 1.807) is 9.80 Å². The highest BCUT2D eigenvalue weighted by atomic mass is 35.5. The molecule has 4 aliphatic rings. The second-order valence-corrected chi connectivity index (χ2v) is 11.9. The Kier molecular flexibility index (Phi) is 7.16. The number of rotatable bonds is 6. The van der Waals surface area contributed by atoms with Crippen LogP contribution in [0.3, 0.4) is 0 Å². The van der Waals surface area contributed by atoms with Gasteiger partial charge in [-0.2, -0.15) is 0 Å². The Morgan fingerprint density at radius 1 is 1.16 bits per heavy atom. The first kappa shape index (κ1) is 23.9. The zero-order valence-corrected chi connectivity index (χ0v) is 19.7. The standard InChI is InChI=1S/C19H32ClFN6O4S/c1-25-9-16(22-11-25)13-5-14(17(21)15(20)6-13)18(28)23-24-32(30,31)10-12-7-27(8-12)19(29)26-3-2-4-26/h12-17,22,24H,2-11H2,1H3,(H,23,28). The summed E-state index contributed by atoms with van der Waals surface area (Å²) in [6.45, 7) is 3.77. The quantitative estimate of drug-likeness (QED) is 0.340. The molecular formula is C19H32ClFN6O4S. The normalized spacial score (nSPS) is 34.2. The van der Waals surface area contributed by atoms with E-state index in [0.717, 1.165) is 32.7 Å². The molecule has 3 heterocycles. The van der Waals surface area contributed by atoms with Crippen LogP contribution in [0, 0.1) is 17.8 Å². The summed E-state index contributed by atoms with van der Waals surface area (Å²) in [7, 11) is -1.83. The van der Waals surface area contributed by atoms with Gasteiger partial charge in [-0.3, -0.25) is 20.4 Å². The lowest BCUT2D eigenvalue weighted by Crippen LogP contribution is -2.60. The van der Waals surface area contributed by atoms with Crippen LogP contribution < -0.4 is 15.6 Å². The van der Waals surface area contributed by atoms with E-state index in [1.807, 2.05) is 7.05 Å². The van der Waals surface area contributed by atoms with E-state index in [4.69, 9.17) is 11.6 Å². The third kappa shape index (κ3) is 5.30. The van der Waals surface area contributed by atoms with E-state index in [0.29, 0.717) is 25.9 Å². The Hall–Kier alpha value is -1.21. The van der Waals surface area contributed by atoms with E-state index in [1.165, 1.54) is 0 Å². The van der Waals surface area contributed by atoms with Gasteiger partial charge in [-0.1, -0.05) is 0 Å².